The highest BCUT2D eigenvalue weighted by Gasteiger charge is 2.27. The molecule has 0 atom stereocenters. The van der Waals surface area contributed by atoms with Crippen LogP contribution in [0.25, 0.3) is 10.4 Å². The van der Waals surface area contributed by atoms with Crippen molar-refractivity contribution < 1.29 is 28.6 Å². The Hall–Kier alpha value is -4.43. The van der Waals surface area contributed by atoms with Crippen LogP contribution >= 0.6 is 11.3 Å². The van der Waals surface area contributed by atoms with Crippen LogP contribution < -0.4 is 11.1 Å². The lowest BCUT2D eigenvalue weighted by Crippen LogP contribution is -2.44. The molecule has 4 rings (SSSR count). The lowest BCUT2D eigenvalue weighted by atomic mass is 9.96. The van der Waals surface area contributed by atoms with E-state index in [0.29, 0.717) is 17.2 Å². The van der Waals surface area contributed by atoms with Crippen LogP contribution in [0.2, 0.25) is 0 Å². The summed E-state index contributed by atoms with van der Waals surface area (Å²) in [7, 11) is 0. The summed E-state index contributed by atoms with van der Waals surface area (Å²) < 4.78 is 31.5. The normalized spacial score (nSPS) is 11.9. The van der Waals surface area contributed by atoms with E-state index in [1.54, 1.807) is 45.2 Å². The molecule has 0 spiro atoms. The second kappa shape index (κ2) is 11.4. The largest absolute Gasteiger partial charge is 0.465 e. The van der Waals surface area contributed by atoms with Gasteiger partial charge in [0.1, 0.15) is 28.1 Å². The molecule has 0 aliphatic heterocycles. The third-order valence-electron chi connectivity index (χ3n) is 6.31. The summed E-state index contributed by atoms with van der Waals surface area (Å²) in [6, 6.07) is 8.53. The molecule has 0 bridgehead atoms. The minimum atomic E-state index is -1.45. The van der Waals surface area contributed by atoms with Gasteiger partial charge in [-0.2, -0.15) is 0 Å². The monoisotopic (exact) mass is 599 g/mol. The van der Waals surface area contributed by atoms with Crippen molar-refractivity contribution in [2.75, 3.05) is 5.32 Å². The Balaban J connectivity index is 1.56. The average Bonchev–Trinajstić information content (AvgIpc) is 3.48. The minimum Gasteiger partial charge on any atom is -0.465 e. The Morgan fingerprint density at radius 3 is 2.33 bits per heavy atom. The van der Waals surface area contributed by atoms with Gasteiger partial charge in [0.15, 0.2) is 0 Å². The van der Waals surface area contributed by atoms with Gasteiger partial charge in [0.05, 0.1) is 41.7 Å². The Kier molecular flexibility index (Phi) is 8.32. The number of aliphatic hydroxyl groups is 1. The Bertz CT molecular complexity index is 1620. The maximum Gasteiger partial charge on any atom is 0.408 e. The van der Waals surface area contributed by atoms with Gasteiger partial charge in [-0.1, -0.05) is 11.3 Å². The highest BCUT2D eigenvalue weighted by molar-refractivity contribution is 7.20. The maximum atomic E-state index is 15.0. The molecular weight excluding hydrogens is 568 g/mol. The Morgan fingerprint density at radius 2 is 1.76 bits per heavy atom. The molecule has 0 aliphatic carbocycles. The summed E-state index contributed by atoms with van der Waals surface area (Å²) in [6.07, 6.45) is 0.563. The summed E-state index contributed by atoms with van der Waals surface area (Å²) in [5.74, 6) is -2.24. The maximum absolute atomic E-state index is 15.0. The van der Waals surface area contributed by atoms with Crippen molar-refractivity contribution >= 4 is 34.2 Å². The van der Waals surface area contributed by atoms with Gasteiger partial charge in [-0.3, -0.25) is 9.69 Å². The highest BCUT2D eigenvalue weighted by atomic mass is 32.1. The predicted octanol–water partition coefficient (Wildman–Crippen LogP) is 5.08. The summed E-state index contributed by atoms with van der Waals surface area (Å²) in [4.78, 5) is 29.8. The number of carbonyl (C=O) groups is 2. The van der Waals surface area contributed by atoms with Gasteiger partial charge in [-0.15, -0.1) is 16.4 Å². The number of aromatic nitrogens is 4. The van der Waals surface area contributed by atoms with Crippen LogP contribution in [0.15, 0.2) is 42.6 Å². The zero-order chi connectivity index (χ0) is 31.0. The number of nitrogens with zero attached hydrogens (tertiary/aromatic N) is 5. The van der Waals surface area contributed by atoms with Crippen LogP contribution in [0, 0.1) is 11.6 Å². The van der Waals surface area contributed by atoms with E-state index in [0.717, 1.165) is 23.5 Å². The number of nitrogens with one attached hydrogen (secondary N) is 1. The molecule has 0 aliphatic rings. The molecule has 0 radical (unpaired) electrons. The number of primary amides is 1. The fourth-order valence-electron chi connectivity index (χ4n) is 4.11. The second-order valence-corrected chi connectivity index (χ2v) is 12.2. The highest BCUT2D eigenvalue weighted by Crippen LogP contribution is 2.40. The van der Waals surface area contributed by atoms with E-state index < -0.39 is 34.8 Å². The lowest BCUT2D eigenvalue weighted by Gasteiger charge is -2.32. The molecular formula is C28H31F2N7O4S. The van der Waals surface area contributed by atoms with Gasteiger partial charge >= 0.3 is 6.09 Å². The third-order valence-corrected chi connectivity index (χ3v) is 7.38. The molecule has 1 aromatic carbocycles. The van der Waals surface area contributed by atoms with Crippen molar-refractivity contribution in [3.05, 3.63) is 76.7 Å². The number of pyridine rings is 1. The van der Waals surface area contributed by atoms with Gasteiger partial charge in [-0.05, 0) is 70.5 Å². The average molecular weight is 600 g/mol. The molecule has 0 saturated heterocycles. The fraction of sp³-hybridized carbons (Fsp3) is 0.321. The van der Waals surface area contributed by atoms with E-state index in [9.17, 15) is 28.6 Å². The number of rotatable bonds is 9. The van der Waals surface area contributed by atoms with Crippen LogP contribution in [0.1, 0.15) is 61.9 Å². The molecule has 222 valence electrons. The van der Waals surface area contributed by atoms with Gasteiger partial charge < -0.3 is 21.3 Å². The summed E-state index contributed by atoms with van der Waals surface area (Å²) >= 11 is 0.926. The SMILES string of the molecule is CC(C)(O)c1cc(F)c(-c2cc(C(N)=O)c(Nc3cccc(Cn4cc(CN(C(=O)O)C(C)(C)C)nn4)n3)s2)c(F)c1. The molecule has 3 heterocycles. The molecule has 2 amide bonds. The molecule has 3 aromatic heterocycles. The van der Waals surface area contributed by atoms with Gasteiger partial charge in [0.25, 0.3) is 5.91 Å². The van der Waals surface area contributed by atoms with Crippen molar-refractivity contribution in [2.24, 2.45) is 5.73 Å². The molecule has 0 fully saturated rings. The summed E-state index contributed by atoms with van der Waals surface area (Å²) in [5, 5.41) is 31.1. The number of thiophene rings is 1. The first-order valence-electron chi connectivity index (χ1n) is 12.8. The van der Waals surface area contributed by atoms with Crippen molar-refractivity contribution in [3.8, 4) is 10.4 Å². The standard InChI is InChI=1S/C28H31F2N7O4S/c1-27(2,3)37(26(39)40)14-17-13-36(35-34-17)12-16-7-6-8-22(32-16)33-25-18(24(31)38)11-21(42-25)23-19(29)9-15(10-20(23)30)28(4,5)41/h6-11,13,41H,12,14H2,1-5H3,(H2,31,38)(H,32,33)(H,39,40). The van der Waals surface area contributed by atoms with Crippen LogP contribution in [-0.2, 0) is 18.7 Å². The first-order valence-corrected chi connectivity index (χ1v) is 13.6. The van der Waals surface area contributed by atoms with E-state index in [4.69, 9.17) is 5.73 Å². The van der Waals surface area contributed by atoms with Crippen LogP contribution in [0.3, 0.4) is 0 Å². The first-order chi connectivity index (χ1) is 19.5. The number of hydrogen-bond donors (Lipinski definition) is 4. The number of carboxylic acid groups (broad SMARTS) is 1. The Morgan fingerprint density at radius 1 is 1.10 bits per heavy atom. The smallest absolute Gasteiger partial charge is 0.408 e. The van der Waals surface area contributed by atoms with Gasteiger partial charge in [0.2, 0.25) is 0 Å². The predicted molar refractivity (Wildman–Crippen MR) is 153 cm³/mol. The van der Waals surface area contributed by atoms with Crippen LogP contribution in [-0.4, -0.2) is 52.6 Å². The minimum absolute atomic E-state index is 0.0234. The number of amides is 2. The van der Waals surface area contributed by atoms with Crippen molar-refractivity contribution in [1.29, 1.82) is 0 Å². The first kappa shape index (κ1) is 30.5. The number of anilines is 2. The van der Waals surface area contributed by atoms with Gasteiger partial charge in [0, 0.05) is 10.4 Å². The van der Waals surface area contributed by atoms with Gasteiger partial charge in [-0.25, -0.2) is 23.2 Å². The zero-order valence-electron chi connectivity index (χ0n) is 23.6. The third kappa shape index (κ3) is 6.89. The number of hydrogen-bond acceptors (Lipinski definition) is 8. The summed E-state index contributed by atoms with van der Waals surface area (Å²) in [5.41, 5.74) is 4.27. The molecule has 0 unspecified atom stereocenters. The second-order valence-electron chi connectivity index (χ2n) is 11.2. The van der Waals surface area contributed by atoms with E-state index in [2.05, 4.69) is 20.6 Å². The quantitative estimate of drug-likeness (QED) is 0.207. The van der Waals surface area contributed by atoms with Crippen molar-refractivity contribution in [2.45, 2.75) is 58.8 Å². The topological polar surface area (TPSA) is 159 Å². The fourth-order valence-corrected chi connectivity index (χ4v) is 5.23. The Labute approximate surface area is 244 Å². The van der Waals surface area contributed by atoms with E-state index >= 15 is 0 Å². The number of halogens is 2. The molecule has 11 nitrogen and oxygen atoms in total. The van der Waals surface area contributed by atoms with E-state index in [1.807, 2.05) is 0 Å². The van der Waals surface area contributed by atoms with Crippen LogP contribution in [0.5, 0.6) is 0 Å². The van der Waals surface area contributed by atoms with Crippen LogP contribution in [0.4, 0.5) is 24.4 Å². The lowest BCUT2D eigenvalue weighted by molar-refractivity contribution is 0.0778. The van der Waals surface area contributed by atoms with E-state index in [-0.39, 0.29) is 39.7 Å². The number of carbonyl (C=O) groups excluding carboxylic acids is 1. The van der Waals surface area contributed by atoms with Crippen molar-refractivity contribution in [1.82, 2.24) is 24.9 Å². The molecule has 42 heavy (non-hydrogen) atoms. The summed E-state index contributed by atoms with van der Waals surface area (Å²) in [6.45, 7) is 8.47. The number of benzene rings is 1. The molecule has 0 saturated carbocycles. The number of nitrogens with two attached hydrogens (primary N) is 1. The van der Waals surface area contributed by atoms with E-state index in [1.165, 1.54) is 29.5 Å². The molecule has 4 aromatic rings. The molecule has 14 heteroatoms. The zero-order valence-corrected chi connectivity index (χ0v) is 24.5. The van der Waals surface area contributed by atoms with Crippen molar-refractivity contribution in [3.63, 3.8) is 0 Å². The molecule has 5 N–H and O–H groups in total.